The maximum Gasteiger partial charge on any atom is 0.342 e. The third-order valence-electron chi connectivity index (χ3n) is 5.86. The fourth-order valence-electron chi connectivity index (χ4n) is 4.25. The van der Waals surface area contributed by atoms with Crippen molar-refractivity contribution in [3.05, 3.63) is 93.9 Å². The molecule has 1 fully saturated rings. The first kappa shape index (κ1) is 20.3. The van der Waals surface area contributed by atoms with E-state index in [9.17, 15) is 10.1 Å². The molecule has 2 heterocycles. The molecular formula is C23H27N5O2. The van der Waals surface area contributed by atoms with E-state index in [1.807, 2.05) is 6.92 Å². The maximum atomic E-state index is 11.2. The summed E-state index contributed by atoms with van der Waals surface area (Å²) < 4.78 is 1.70. The molecule has 0 unspecified atom stereocenters. The Kier molecular flexibility index (Phi) is 6.21. The van der Waals surface area contributed by atoms with Gasteiger partial charge in [-0.25, -0.2) is 9.55 Å². The van der Waals surface area contributed by atoms with Crippen LogP contribution in [-0.4, -0.2) is 57.0 Å². The summed E-state index contributed by atoms with van der Waals surface area (Å²) in [6, 6.07) is 21.5. The minimum absolute atomic E-state index is 0.0688. The number of benzene rings is 2. The van der Waals surface area contributed by atoms with Crippen molar-refractivity contribution < 1.29 is 4.92 Å². The molecule has 30 heavy (non-hydrogen) atoms. The molecule has 0 amide bonds. The van der Waals surface area contributed by atoms with E-state index in [-0.39, 0.29) is 16.8 Å². The van der Waals surface area contributed by atoms with Crippen molar-refractivity contribution in [3.63, 3.8) is 0 Å². The van der Waals surface area contributed by atoms with Gasteiger partial charge in [-0.15, -0.1) is 0 Å². The number of nitrogens with zero attached hydrogens (tertiary/aromatic N) is 5. The Morgan fingerprint density at radius 2 is 1.50 bits per heavy atom. The van der Waals surface area contributed by atoms with Gasteiger partial charge in [0.15, 0.2) is 5.82 Å². The van der Waals surface area contributed by atoms with Crippen LogP contribution in [0.25, 0.3) is 0 Å². The van der Waals surface area contributed by atoms with Crippen LogP contribution in [0.2, 0.25) is 0 Å². The molecule has 0 bridgehead atoms. The zero-order chi connectivity index (χ0) is 20.9. The topological polar surface area (TPSA) is 67.4 Å². The Bertz CT molecular complexity index is 926. The Labute approximate surface area is 176 Å². The standard InChI is InChI=1S/C23H27N5O2/c1-19-24-18-22(28(29)30)27(19)17-14-25-12-15-26(16-13-25)23(20-8-4-2-5-9-20)21-10-6-3-7-11-21/h2-11,18,23H,12-17H2,1H3. The highest BCUT2D eigenvalue weighted by molar-refractivity contribution is 5.32. The van der Waals surface area contributed by atoms with Gasteiger partial charge in [0.2, 0.25) is 0 Å². The monoisotopic (exact) mass is 405 g/mol. The van der Waals surface area contributed by atoms with E-state index in [1.54, 1.807) is 4.57 Å². The lowest BCUT2D eigenvalue weighted by atomic mass is 9.96. The van der Waals surface area contributed by atoms with E-state index >= 15 is 0 Å². The van der Waals surface area contributed by atoms with Gasteiger partial charge in [-0.2, -0.15) is 0 Å². The van der Waals surface area contributed by atoms with Crippen LogP contribution in [0.4, 0.5) is 5.82 Å². The molecule has 4 rings (SSSR count). The van der Waals surface area contributed by atoms with E-state index in [1.165, 1.54) is 17.3 Å². The van der Waals surface area contributed by atoms with Crippen molar-refractivity contribution in [2.45, 2.75) is 19.5 Å². The summed E-state index contributed by atoms with van der Waals surface area (Å²) in [4.78, 5) is 19.9. The van der Waals surface area contributed by atoms with Crippen molar-refractivity contribution in [3.8, 4) is 0 Å². The van der Waals surface area contributed by atoms with E-state index in [2.05, 4.69) is 75.4 Å². The lowest BCUT2D eigenvalue weighted by Crippen LogP contribution is -2.48. The van der Waals surface area contributed by atoms with E-state index < -0.39 is 0 Å². The number of piperazine rings is 1. The van der Waals surface area contributed by atoms with Gasteiger partial charge in [0.1, 0.15) is 12.7 Å². The lowest BCUT2D eigenvalue weighted by molar-refractivity contribution is -0.392. The number of hydrogen-bond acceptors (Lipinski definition) is 5. The molecule has 1 saturated heterocycles. The average Bonchev–Trinajstić information content (AvgIpc) is 3.15. The van der Waals surface area contributed by atoms with Crippen LogP contribution in [0.1, 0.15) is 23.0 Å². The number of aryl methyl sites for hydroxylation is 1. The van der Waals surface area contributed by atoms with Gasteiger partial charge in [-0.1, -0.05) is 60.7 Å². The molecule has 0 spiro atoms. The third-order valence-corrected chi connectivity index (χ3v) is 5.86. The Morgan fingerprint density at radius 1 is 0.933 bits per heavy atom. The van der Waals surface area contributed by atoms with E-state index in [4.69, 9.17) is 0 Å². The predicted molar refractivity (Wildman–Crippen MR) is 116 cm³/mol. The van der Waals surface area contributed by atoms with E-state index in [0.717, 1.165) is 32.7 Å². The largest absolute Gasteiger partial charge is 0.358 e. The summed E-state index contributed by atoms with van der Waals surface area (Å²) in [5, 5.41) is 11.2. The van der Waals surface area contributed by atoms with Crippen LogP contribution in [0.5, 0.6) is 0 Å². The lowest BCUT2D eigenvalue weighted by Gasteiger charge is -2.39. The van der Waals surface area contributed by atoms with Crippen molar-refractivity contribution >= 4 is 5.82 Å². The van der Waals surface area contributed by atoms with Gasteiger partial charge >= 0.3 is 5.82 Å². The minimum atomic E-state index is -0.359. The SMILES string of the molecule is Cc1ncc([N+](=O)[O-])n1CCN1CCN(C(c2ccccc2)c2ccccc2)CC1. The highest BCUT2D eigenvalue weighted by Crippen LogP contribution is 2.29. The summed E-state index contributed by atoms with van der Waals surface area (Å²) >= 11 is 0. The molecule has 7 nitrogen and oxygen atoms in total. The highest BCUT2D eigenvalue weighted by atomic mass is 16.6. The Balaban J connectivity index is 1.42. The summed E-state index contributed by atoms with van der Waals surface area (Å²) in [5.74, 6) is 0.757. The van der Waals surface area contributed by atoms with Crippen LogP contribution >= 0.6 is 0 Å². The number of nitro groups is 1. The summed E-state index contributed by atoms with van der Waals surface area (Å²) in [6.07, 6.45) is 1.34. The number of rotatable bonds is 7. The smallest absolute Gasteiger partial charge is 0.342 e. The number of imidazole rings is 1. The van der Waals surface area contributed by atoms with Crippen LogP contribution in [0, 0.1) is 17.0 Å². The maximum absolute atomic E-state index is 11.2. The second-order valence-corrected chi connectivity index (χ2v) is 7.67. The molecule has 0 saturated carbocycles. The molecule has 0 radical (unpaired) electrons. The number of aromatic nitrogens is 2. The number of hydrogen-bond donors (Lipinski definition) is 0. The normalized spacial score (nSPS) is 15.5. The van der Waals surface area contributed by atoms with Crippen LogP contribution in [0.3, 0.4) is 0 Å². The van der Waals surface area contributed by atoms with Crippen molar-refractivity contribution in [2.75, 3.05) is 32.7 Å². The summed E-state index contributed by atoms with van der Waals surface area (Å²) in [5.41, 5.74) is 2.61. The molecule has 156 valence electrons. The average molecular weight is 406 g/mol. The van der Waals surface area contributed by atoms with Crippen LogP contribution < -0.4 is 0 Å². The molecule has 0 aliphatic carbocycles. The quantitative estimate of drug-likeness (QED) is 0.445. The second kappa shape index (κ2) is 9.19. The third kappa shape index (κ3) is 4.42. The van der Waals surface area contributed by atoms with Crippen molar-refractivity contribution in [1.82, 2.24) is 19.4 Å². The molecule has 0 N–H and O–H groups in total. The van der Waals surface area contributed by atoms with Gasteiger partial charge in [-0.3, -0.25) is 9.80 Å². The van der Waals surface area contributed by atoms with E-state index in [0.29, 0.717) is 12.4 Å². The molecule has 7 heteroatoms. The van der Waals surface area contributed by atoms with Crippen LogP contribution in [0.15, 0.2) is 66.9 Å². The first-order valence-electron chi connectivity index (χ1n) is 10.4. The Morgan fingerprint density at radius 3 is 2.03 bits per heavy atom. The zero-order valence-electron chi connectivity index (χ0n) is 17.2. The van der Waals surface area contributed by atoms with Gasteiger partial charge < -0.3 is 10.1 Å². The molecule has 2 aromatic carbocycles. The first-order valence-corrected chi connectivity index (χ1v) is 10.4. The minimum Gasteiger partial charge on any atom is -0.358 e. The first-order chi connectivity index (χ1) is 14.6. The van der Waals surface area contributed by atoms with Crippen molar-refractivity contribution in [1.29, 1.82) is 0 Å². The molecule has 1 aliphatic heterocycles. The highest BCUT2D eigenvalue weighted by Gasteiger charge is 2.27. The molecule has 1 aromatic heterocycles. The molecule has 0 atom stereocenters. The molecular weight excluding hydrogens is 378 g/mol. The summed E-state index contributed by atoms with van der Waals surface area (Å²) in [6.45, 7) is 6.99. The van der Waals surface area contributed by atoms with Gasteiger partial charge in [0.05, 0.1) is 6.04 Å². The van der Waals surface area contributed by atoms with Crippen molar-refractivity contribution in [2.24, 2.45) is 0 Å². The predicted octanol–water partition coefficient (Wildman–Crippen LogP) is 3.51. The van der Waals surface area contributed by atoms with Gasteiger partial charge in [-0.05, 0) is 16.1 Å². The zero-order valence-corrected chi connectivity index (χ0v) is 17.2. The molecule has 1 aliphatic rings. The fourth-order valence-corrected chi connectivity index (χ4v) is 4.25. The molecule has 3 aromatic rings. The van der Waals surface area contributed by atoms with Crippen LogP contribution in [-0.2, 0) is 6.54 Å². The fraction of sp³-hybridized carbons (Fsp3) is 0.348. The van der Waals surface area contributed by atoms with Gasteiger partial charge in [0.25, 0.3) is 0 Å². The second-order valence-electron chi connectivity index (χ2n) is 7.67. The van der Waals surface area contributed by atoms with Gasteiger partial charge in [0, 0.05) is 39.6 Å². The Hall–Kier alpha value is -3.03. The summed E-state index contributed by atoms with van der Waals surface area (Å²) in [7, 11) is 0.